The van der Waals surface area contributed by atoms with Crippen molar-refractivity contribution in [2.75, 3.05) is 11.9 Å². The van der Waals surface area contributed by atoms with Gasteiger partial charge < -0.3 is 10.1 Å². The van der Waals surface area contributed by atoms with Gasteiger partial charge in [0.15, 0.2) is 6.61 Å². The molecule has 1 N–H and O–H groups in total. The van der Waals surface area contributed by atoms with E-state index in [9.17, 15) is 14.4 Å². The lowest BCUT2D eigenvalue weighted by atomic mass is 10.3. The van der Waals surface area contributed by atoms with Crippen LogP contribution in [0.5, 0.6) is 0 Å². The van der Waals surface area contributed by atoms with Crippen molar-refractivity contribution >= 4 is 28.9 Å². The number of thiophene rings is 1. The van der Waals surface area contributed by atoms with E-state index in [-0.39, 0.29) is 17.7 Å². The first-order valence-corrected chi connectivity index (χ1v) is 9.17. The van der Waals surface area contributed by atoms with Crippen molar-refractivity contribution in [3.05, 3.63) is 68.8 Å². The normalized spacial score (nSPS) is 10.6. The molecule has 0 aliphatic carbocycles. The van der Waals surface area contributed by atoms with Crippen molar-refractivity contribution < 1.29 is 14.3 Å². The van der Waals surface area contributed by atoms with Gasteiger partial charge in [0.1, 0.15) is 5.69 Å². The van der Waals surface area contributed by atoms with Crippen LogP contribution in [-0.2, 0) is 27.8 Å². The number of esters is 1. The van der Waals surface area contributed by atoms with Gasteiger partial charge in [-0.25, -0.2) is 4.68 Å². The Labute approximate surface area is 159 Å². The maximum atomic E-state index is 12.7. The van der Waals surface area contributed by atoms with Gasteiger partial charge in [0.2, 0.25) is 0 Å². The lowest BCUT2D eigenvalue weighted by molar-refractivity contribution is -0.146. The monoisotopic (exact) mass is 385 g/mol. The summed E-state index contributed by atoms with van der Waals surface area (Å²) in [6, 6.07) is 12.8. The SMILES string of the molecule is Cc1c(NC(=O)COC(=O)Cc2cccs2)c(=O)n(-c2ccccc2)n1C. The molecular weight excluding hydrogens is 366 g/mol. The van der Waals surface area contributed by atoms with E-state index in [0.717, 1.165) is 4.88 Å². The van der Waals surface area contributed by atoms with Crippen molar-refractivity contribution in [2.45, 2.75) is 13.3 Å². The minimum absolute atomic E-state index is 0.121. The Morgan fingerprint density at radius 3 is 2.56 bits per heavy atom. The Hall–Kier alpha value is -3.13. The van der Waals surface area contributed by atoms with Gasteiger partial charge in [0.25, 0.3) is 11.5 Å². The van der Waals surface area contributed by atoms with Crippen molar-refractivity contribution in [1.82, 2.24) is 9.36 Å². The van der Waals surface area contributed by atoms with Crippen molar-refractivity contribution in [3.63, 3.8) is 0 Å². The zero-order valence-electron chi connectivity index (χ0n) is 15.0. The van der Waals surface area contributed by atoms with Gasteiger partial charge in [-0.1, -0.05) is 24.3 Å². The fourth-order valence-corrected chi connectivity index (χ4v) is 3.33. The summed E-state index contributed by atoms with van der Waals surface area (Å²) in [6.07, 6.45) is 0.121. The molecule has 2 aromatic heterocycles. The van der Waals surface area contributed by atoms with Gasteiger partial charge in [-0.2, -0.15) is 0 Å². The summed E-state index contributed by atoms with van der Waals surface area (Å²) in [4.78, 5) is 37.5. The number of para-hydroxylation sites is 1. The molecule has 8 heteroatoms. The van der Waals surface area contributed by atoms with E-state index >= 15 is 0 Å². The highest BCUT2D eigenvalue weighted by Gasteiger charge is 2.18. The van der Waals surface area contributed by atoms with E-state index in [1.54, 1.807) is 30.8 Å². The highest BCUT2D eigenvalue weighted by atomic mass is 32.1. The van der Waals surface area contributed by atoms with Gasteiger partial charge in [-0.05, 0) is 30.5 Å². The molecule has 7 nitrogen and oxygen atoms in total. The minimum atomic E-state index is -0.555. The molecule has 0 saturated heterocycles. The Morgan fingerprint density at radius 1 is 1.15 bits per heavy atom. The maximum absolute atomic E-state index is 12.7. The summed E-state index contributed by atoms with van der Waals surface area (Å²) >= 11 is 1.45. The number of benzene rings is 1. The van der Waals surface area contributed by atoms with Gasteiger partial charge in [0, 0.05) is 11.9 Å². The number of nitrogens with one attached hydrogen (secondary N) is 1. The molecule has 0 saturated carbocycles. The number of aromatic nitrogens is 2. The Kier molecular flexibility index (Phi) is 5.56. The zero-order chi connectivity index (χ0) is 19.4. The van der Waals surface area contributed by atoms with Crippen molar-refractivity contribution in [1.29, 1.82) is 0 Å². The molecule has 0 aliphatic rings. The molecular formula is C19H19N3O4S. The molecule has 3 rings (SSSR count). The van der Waals surface area contributed by atoms with E-state index in [0.29, 0.717) is 11.4 Å². The van der Waals surface area contributed by atoms with Gasteiger partial charge in [-0.3, -0.25) is 19.1 Å². The predicted molar refractivity (Wildman–Crippen MR) is 103 cm³/mol. The third-order valence-electron chi connectivity index (χ3n) is 4.08. The molecule has 0 unspecified atom stereocenters. The standard InChI is InChI=1S/C19H19N3O4S/c1-13-18(19(25)22(21(13)2)14-7-4-3-5-8-14)20-16(23)12-26-17(24)11-15-9-6-10-27-15/h3-10H,11-12H2,1-2H3,(H,20,23). The second kappa shape index (κ2) is 8.05. The molecule has 1 aromatic carbocycles. The largest absolute Gasteiger partial charge is 0.455 e. The first-order valence-electron chi connectivity index (χ1n) is 8.29. The second-order valence-electron chi connectivity index (χ2n) is 5.90. The summed E-state index contributed by atoms with van der Waals surface area (Å²) in [5.41, 5.74) is 1.11. The molecule has 0 radical (unpaired) electrons. The predicted octanol–water partition coefficient (Wildman–Crippen LogP) is 2.27. The van der Waals surface area contributed by atoms with Crippen LogP contribution in [0.1, 0.15) is 10.6 Å². The number of anilines is 1. The summed E-state index contributed by atoms with van der Waals surface area (Å²) in [6.45, 7) is 1.29. The quantitative estimate of drug-likeness (QED) is 0.660. The molecule has 2 heterocycles. The van der Waals surface area contributed by atoms with Crippen LogP contribution in [0.15, 0.2) is 52.6 Å². The fraction of sp³-hybridized carbons (Fsp3) is 0.211. The fourth-order valence-electron chi connectivity index (χ4n) is 2.64. The summed E-state index contributed by atoms with van der Waals surface area (Å²) in [7, 11) is 1.74. The lowest BCUT2D eigenvalue weighted by Gasteiger charge is -2.07. The number of amides is 1. The highest BCUT2D eigenvalue weighted by Crippen LogP contribution is 2.14. The van der Waals surface area contributed by atoms with Gasteiger partial charge in [-0.15, -0.1) is 11.3 Å². The van der Waals surface area contributed by atoms with Crippen LogP contribution in [0.4, 0.5) is 5.69 Å². The van der Waals surface area contributed by atoms with Crippen LogP contribution >= 0.6 is 11.3 Å². The third kappa shape index (κ3) is 4.17. The number of rotatable bonds is 6. The van der Waals surface area contributed by atoms with Crippen LogP contribution in [0.3, 0.4) is 0 Å². The van der Waals surface area contributed by atoms with Crippen molar-refractivity contribution in [3.8, 4) is 5.69 Å². The third-order valence-corrected chi connectivity index (χ3v) is 4.96. The first-order chi connectivity index (χ1) is 13.0. The molecule has 0 aliphatic heterocycles. The van der Waals surface area contributed by atoms with Crippen LogP contribution in [0.2, 0.25) is 0 Å². The van der Waals surface area contributed by atoms with Crippen LogP contribution in [-0.4, -0.2) is 27.8 Å². The molecule has 140 valence electrons. The van der Waals surface area contributed by atoms with Crippen LogP contribution < -0.4 is 10.9 Å². The maximum Gasteiger partial charge on any atom is 0.311 e. The topological polar surface area (TPSA) is 82.3 Å². The Balaban J connectivity index is 1.68. The zero-order valence-corrected chi connectivity index (χ0v) is 15.8. The number of nitrogens with zero attached hydrogens (tertiary/aromatic N) is 2. The number of hydrogen-bond acceptors (Lipinski definition) is 5. The molecule has 27 heavy (non-hydrogen) atoms. The summed E-state index contributed by atoms with van der Waals surface area (Å²) in [5, 5.41) is 4.42. The smallest absolute Gasteiger partial charge is 0.311 e. The lowest BCUT2D eigenvalue weighted by Crippen LogP contribution is -2.26. The van der Waals surface area contributed by atoms with Gasteiger partial charge in [0.05, 0.1) is 17.8 Å². The number of carbonyl (C=O) groups excluding carboxylic acids is 2. The molecule has 0 atom stereocenters. The molecule has 0 bridgehead atoms. The number of carbonyl (C=O) groups is 2. The molecule has 0 fully saturated rings. The molecule has 1 amide bonds. The van der Waals surface area contributed by atoms with E-state index in [1.807, 2.05) is 35.7 Å². The number of ether oxygens (including phenoxy) is 1. The van der Waals surface area contributed by atoms with Crippen molar-refractivity contribution in [2.24, 2.45) is 7.05 Å². The second-order valence-corrected chi connectivity index (χ2v) is 6.93. The van der Waals surface area contributed by atoms with E-state index in [1.165, 1.54) is 16.0 Å². The van der Waals surface area contributed by atoms with E-state index < -0.39 is 18.5 Å². The van der Waals surface area contributed by atoms with E-state index in [2.05, 4.69) is 5.32 Å². The Bertz CT molecular complexity index is 1000. The van der Waals surface area contributed by atoms with Gasteiger partial charge >= 0.3 is 5.97 Å². The minimum Gasteiger partial charge on any atom is -0.455 e. The summed E-state index contributed by atoms with van der Waals surface area (Å²) in [5.74, 6) is -1.04. The first kappa shape index (κ1) is 18.7. The Morgan fingerprint density at radius 2 is 1.89 bits per heavy atom. The van der Waals surface area contributed by atoms with Crippen LogP contribution in [0, 0.1) is 6.92 Å². The average molecular weight is 385 g/mol. The molecule has 0 spiro atoms. The highest BCUT2D eigenvalue weighted by molar-refractivity contribution is 7.10. The van der Waals surface area contributed by atoms with Crippen LogP contribution in [0.25, 0.3) is 5.69 Å². The molecule has 3 aromatic rings. The number of hydrogen-bond donors (Lipinski definition) is 1. The van der Waals surface area contributed by atoms with E-state index in [4.69, 9.17) is 4.74 Å². The summed E-state index contributed by atoms with van der Waals surface area (Å²) < 4.78 is 8.12. The average Bonchev–Trinajstić information content (AvgIpc) is 3.24.